The van der Waals surface area contributed by atoms with E-state index in [4.69, 9.17) is 0 Å². The summed E-state index contributed by atoms with van der Waals surface area (Å²) >= 11 is 0. The predicted octanol–water partition coefficient (Wildman–Crippen LogP) is 2.44. The Morgan fingerprint density at radius 3 is 2.18 bits per heavy atom. The van der Waals surface area contributed by atoms with Crippen molar-refractivity contribution in [3.8, 4) is 0 Å². The van der Waals surface area contributed by atoms with Crippen LogP contribution in [-0.2, 0) is 9.59 Å². The third-order valence-electron chi connectivity index (χ3n) is 3.70. The summed E-state index contributed by atoms with van der Waals surface area (Å²) in [5, 5.41) is 12.4. The minimum Gasteiger partial charge on any atom is -0.480 e. The number of carbonyl (C=O) groups excluding carboxylic acids is 1. The molecule has 122 valence electrons. The minimum atomic E-state index is -0.921. The van der Waals surface area contributed by atoms with Crippen LogP contribution in [0.5, 0.6) is 0 Å². The Morgan fingerprint density at radius 1 is 1.14 bits per heavy atom. The Hall–Kier alpha value is -1.88. The minimum absolute atomic E-state index is 0.0847. The van der Waals surface area contributed by atoms with Gasteiger partial charge in [-0.25, -0.2) is 0 Å². The number of amides is 1. The maximum Gasteiger partial charge on any atom is 0.320 e. The Labute approximate surface area is 132 Å². The fourth-order valence-electron chi connectivity index (χ4n) is 2.44. The molecule has 1 amide bonds. The van der Waals surface area contributed by atoms with Gasteiger partial charge in [0.15, 0.2) is 0 Å². The van der Waals surface area contributed by atoms with E-state index in [9.17, 15) is 14.7 Å². The van der Waals surface area contributed by atoms with Crippen molar-refractivity contribution in [2.75, 3.05) is 13.1 Å². The predicted molar refractivity (Wildman–Crippen MR) is 86.6 cm³/mol. The van der Waals surface area contributed by atoms with Crippen LogP contribution in [0.4, 0.5) is 0 Å². The fraction of sp³-hybridized carbons (Fsp3) is 0.529. The molecule has 0 saturated carbocycles. The molecule has 1 aromatic rings. The van der Waals surface area contributed by atoms with Gasteiger partial charge >= 0.3 is 5.97 Å². The lowest BCUT2D eigenvalue weighted by Gasteiger charge is -2.28. The number of rotatable bonds is 9. The molecule has 2 unspecified atom stereocenters. The first kappa shape index (κ1) is 18.2. The van der Waals surface area contributed by atoms with Gasteiger partial charge in [0.1, 0.15) is 12.1 Å². The van der Waals surface area contributed by atoms with Gasteiger partial charge in [-0.1, -0.05) is 43.7 Å². The largest absolute Gasteiger partial charge is 0.480 e. The van der Waals surface area contributed by atoms with Crippen LogP contribution in [0.25, 0.3) is 0 Å². The highest BCUT2D eigenvalue weighted by Gasteiger charge is 2.29. The van der Waals surface area contributed by atoms with Crippen molar-refractivity contribution in [1.29, 1.82) is 0 Å². The number of carboxylic acids is 1. The van der Waals surface area contributed by atoms with E-state index in [1.807, 2.05) is 51.1 Å². The second-order valence-electron chi connectivity index (χ2n) is 5.20. The molecular weight excluding hydrogens is 280 g/mol. The summed E-state index contributed by atoms with van der Waals surface area (Å²) in [6.45, 7) is 6.98. The van der Waals surface area contributed by atoms with Gasteiger partial charge < -0.3 is 10.0 Å². The maximum atomic E-state index is 12.7. The Morgan fingerprint density at radius 2 is 1.73 bits per heavy atom. The number of carboxylic acid groups (broad SMARTS) is 1. The number of hydrogen-bond donors (Lipinski definition) is 2. The summed E-state index contributed by atoms with van der Waals surface area (Å²) in [6, 6.07) is 7.94. The van der Waals surface area contributed by atoms with Crippen molar-refractivity contribution >= 4 is 11.9 Å². The second-order valence-corrected chi connectivity index (χ2v) is 5.20. The SMILES string of the molecule is CCCC(NC(C(=O)N(CC)CC)c1ccccc1)C(=O)O. The highest BCUT2D eigenvalue weighted by molar-refractivity contribution is 5.84. The van der Waals surface area contributed by atoms with Gasteiger partial charge in [-0.15, -0.1) is 0 Å². The molecule has 0 aliphatic carbocycles. The molecular formula is C17H26N2O3. The number of benzene rings is 1. The van der Waals surface area contributed by atoms with Crippen LogP contribution in [0.3, 0.4) is 0 Å². The van der Waals surface area contributed by atoms with Crippen molar-refractivity contribution in [3.63, 3.8) is 0 Å². The summed E-state index contributed by atoms with van der Waals surface area (Å²) in [5.41, 5.74) is 0.793. The van der Waals surface area contributed by atoms with Gasteiger partial charge in [0.25, 0.3) is 0 Å². The second kappa shape index (κ2) is 9.20. The van der Waals surface area contributed by atoms with Crippen molar-refractivity contribution < 1.29 is 14.7 Å². The third kappa shape index (κ3) is 4.84. The van der Waals surface area contributed by atoms with E-state index < -0.39 is 18.1 Å². The van der Waals surface area contributed by atoms with Crippen LogP contribution in [-0.4, -0.2) is 41.0 Å². The number of hydrogen-bond acceptors (Lipinski definition) is 3. The molecule has 2 N–H and O–H groups in total. The molecule has 1 rings (SSSR count). The first-order valence-corrected chi connectivity index (χ1v) is 7.87. The Kier molecular flexibility index (Phi) is 7.60. The first-order chi connectivity index (χ1) is 10.5. The zero-order chi connectivity index (χ0) is 16.5. The quantitative estimate of drug-likeness (QED) is 0.735. The fourth-order valence-corrected chi connectivity index (χ4v) is 2.44. The number of aliphatic carboxylic acids is 1. The zero-order valence-electron chi connectivity index (χ0n) is 13.6. The third-order valence-corrected chi connectivity index (χ3v) is 3.70. The van der Waals surface area contributed by atoms with E-state index >= 15 is 0 Å². The van der Waals surface area contributed by atoms with E-state index in [1.165, 1.54) is 0 Å². The summed E-state index contributed by atoms with van der Waals surface area (Å²) in [4.78, 5) is 25.9. The van der Waals surface area contributed by atoms with Crippen LogP contribution < -0.4 is 5.32 Å². The summed E-state index contributed by atoms with van der Waals surface area (Å²) in [5.74, 6) is -1.01. The van der Waals surface area contributed by atoms with Gasteiger partial charge in [0.2, 0.25) is 5.91 Å². The lowest BCUT2D eigenvalue weighted by Crippen LogP contribution is -2.47. The summed E-state index contributed by atoms with van der Waals surface area (Å²) in [7, 11) is 0. The molecule has 5 heteroatoms. The number of carbonyl (C=O) groups is 2. The van der Waals surface area contributed by atoms with E-state index in [2.05, 4.69) is 5.32 Å². The van der Waals surface area contributed by atoms with Crippen LogP contribution in [0.2, 0.25) is 0 Å². The average molecular weight is 306 g/mol. The molecule has 0 spiro atoms. The first-order valence-electron chi connectivity index (χ1n) is 7.87. The molecule has 0 fully saturated rings. The van der Waals surface area contributed by atoms with E-state index in [0.29, 0.717) is 19.5 Å². The molecule has 0 saturated heterocycles. The number of nitrogens with one attached hydrogen (secondary N) is 1. The van der Waals surface area contributed by atoms with Gasteiger partial charge in [-0.05, 0) is 25.8 Å². The molecule has 0 aliphatic rings. The molecule has 0 heterocycles. The van der Waals surface area contributed by atoms with Gasteiger partial charge in [-0.2, -0.15) is 0 Å². The highest BCUT2D eigenvalue weighted by Crippen LogP contribution is 2.18. The molecule has 0 bridgehead atoms. The summed E-state index contributed by atoms with van der Waals surface area (Å²) < 4.78 is 0. The smallest absolute Gasteiger partial charge is 0.320 e. The van der Waals surface area contributed by atoms with Gasteiger partial charge in [0.05, 0.1) is 0 Å². The maximum absolute atomic E-state index is 12.7. The normalized spacial score (nSPS) is 13.4. The van der Waals surface area contributed by atoms with Gasteiger partial charge in [0, 0.05) is 13.1 Å². The van der Waals surface area contributed by atoms with E-state index in [1.54, 1.807) is 4.90 Å². The zero-order valence-corrected chi connectivity index (χ0v) is 13.6. The average Bonchev–Trinajstić information content (AvgIpc) is 2.53. The lowest BCUT2D eigenvalue weighted by molar-refractivity contribution is -0.141. The van der Waals surface area contributed by atoms with Crippen LogP contribution >= 0.6 is 0 Å². The molecule has 0 aromatic heterocycles. The van der Waals surface area contributed by atoms with Gasteiger partial charge in [-0.3, -0.25) is 14.9 Å². The molecule has 2 atom stereocenters. The topological polar surface area (TPSA) is 69.6 Å². The van der Waals surface area contributed by atoms with E-state index in [0.717, 1.165) is 12.0 Å². The molecule has 5 nitrogen and oxygen atoms in total. The molecule has 0 aliphatic heterocycles. The molecule has 0 radical (unpaired) electrons. The summed E-state index contributed by atoms with van der Waals surface area (Å²) in [6.07, 6.45) is 1.23. The van der Waals surface area contributed by atoms with Crippen LogP contribution in [0.1, 0.15) is 45.2 Å². The lowest BCUT2D eigenvalue weighted by atomic mass is 10.0. The molecule has 22 heavy (non-hydrogen) atoms. The van der Waals surface area contributed by atoms with Crippen molar-refractivity contribution in [2.24, 2.45) is 0 Å². The van der Waals surface area contributed by atoms with Crippen molar-refractivity contribution in [1.82, 2.24) is 10.2 Å². The highest BCUT2D eigenvalue weighted by atomic mass is 16.4. The Bertz CT molecular complexity index is 472. The van der Waals surface area contributed by atoms with E-state index in [-0.39, 0.29) is 5.91 Å². The number of nitrogens with zero attached hydrogens (tertiary/aromatic N) is 1. The van der Waals surface area contributed by atoms with Crippen molar-refractivity contribution in [2.45, 2.75) is 45.7 Å². The standard InChI is InChI=1S/C17H26N2O3/c1-4-10-14(17(21)22)18-15(13-11-8-7-9-12-13)16(20)19(5-2)6-3/h7-9,11-12,14-15,18H,4-6,10H2,1-3H3,(H,21,22). The molecule has 1 aromatic carbocycles. The van der Waals surface area contributed by atoms with Crippen molar-refractivity contribution in [3.05, 3.63) is 35.9 Å². The van der Waals surface area contributed by atoms with Crippen LogP contribution in [0.15, 0.2) is 30.3 Å². The van der Waals surface area contributed by atoms with Crippen LogP contribution in [0, 0.1) is 0 Å². The monoisotopic (exact) mass is 306 g/mol. The number of likely N-dealkylation sites (N-methyl/N-ethyl adjacent to an activating group) is 1. The Balaban J connectivity index is 3.06.